The van der Waals surface area contributed by atoms with Gasteiger partial charge in [-0.2, -0.15) is 0 Å². The predicted molar refractivity (Wildman–Crippen MR) is 52.7 cm³/mol. The molecule has 0 aliphatic rings. The Hall–Kier alpha value is -1.22. The molecule has 1 aromatic rings. The van der Waals surface area contributed by atoms with Crippen LogP contribution in [0.2, 0.25) is 0 Å². The second kappa shape index (κ2) is 5.43. The van der Waals surface area contributed by atoms with E-state index in [9.17, 15) is 0 Å². The monoisotopic (exact) mass is 181 g/mol. The van der Waals surface area contributed by atoms with Crippen LogP contribution in [0.1, 0.15) is 12.8 Å². The van der Waals surface area contributed by atoms with E-state index in [0.29, 0.717) is 12.3 Å². The van der Waals surface area contributed by atoms with Crippen molar-refractivity contribution < 1.29 is 9.84 Å². The number of unbranched alkanes of at least 4 members (excludes halogenated alkanes) is 1. The lowest BCUT2D eigenvalue weighted by Gasteiger charge is -2.07. The number of aliphatic hydroxyl groups is 1. The number of hydrogen-bond donors (Lipinski definition) is 2. The van der Waals surface area contributed by atoms with Crippen molar-refractivity contribution >= 4 is 5.69 Å². The molecule has 0 aliphatic carbocycles. The molecule has 0 aliphatic heterocycles. The van der Waals surface area contributed by atoms with Crippen LogP contribution < -0.4 is 10.5 Å². The van der Waals surface area contributed by atoms with E-state index in [-0.39, 0.29) is 6.61 Å². The Morgan fingerprint density at radius 3 is 2.69 bits per heavy atom. The molecule has 0 spiro atoms. The summed E-state index contributed by atoms with van der Waals surface area (Å²) in [5.41, 5.74) is 6.32. The van der Waals surface area contributed by atoms with Gasteiger partial charge in [0.2, 0.25) is 0 Å². The molecule has 3 nitrogen and oxygen atoms in total. The number of para-hydroxylation sites is 2. The van der Waals surface area contributed by atoms with Crippen LogP contribution in [0, 0.1) is 0 Å². The van der Waals surface area contributed by atoms with Crippen molar-refractivity contribution in [3.8, 4) is 5.75 Å². The van der Waals surface area contributed by atoms with E-state index in [1.165, 1.54) is 0 Å². The molecule has 0 atom stereocenters. The van der Waals surface area contributed by atoms with Crippen LogP contribution in [0.25, 0.3) is 0 Å². The molecule has 3 N–H and O–H groups in total. The summed E-state index contributed by atoms with van der Waals surface area (Å²) in [6.45, 7) is 0.822. The highest BCUT2D eigenvalue weighted by atomic mass is 16.5. The van der Waals surface area contributed by atoms with Gasteiger partial charge in [0.1, 0.15) is 5.75 Å². The van der Waals surface area contributed by atoms with Gasteiger partial charge < -0.3 is 15.6 Å². The van der Waals surface area contributed by atoms with E-state index >= 15 is 0 Å². The Morgan fingerprint density at radius 2 is 2.00 bits per heavy atom. The summed E-state index contributed by atoms with van der Waals surface area (Å²) < 4.78 is 5.40. The Kier molecular flexibility index (Phi) is 4.12. The second-order valence-electron chi connectivity index (χ2n) is 2.82. The van der Waals surface area contributed by atoms with Gasteiger partial charge in [-0.1, -0.05) is 12.1 Å². The van der Waals surface area contributed by atoms with Gasteiger partial charge in [-0.25, -0.2) is 0 Å². The number of nitrogens with two attached hydrogens (primary N) is 1. The highest BCUT2D eigenvalue weighted by molar-refractivity contribution is 5.51. The van der Waals surface area contributed by atoms with Crippen molar-refractivity contribution in [3.05, 3.63) is 24.3 Å². The van der Waals surface area contributed by atoms with Crippen LogP contribution in [0.15, 0.2) is 24.3 Å². The highest BCUT2D eigenvalue weighted by Gasteiger charge is 1.96. The van der Waals surface area contributed by atoms with Gasteiger partial charge in [0.15, 0.2) is 0 Å². The summed E-state index contributed by atoms with van der Waals surface area (Å²) in [4.78, 5) is 0. The van der Waals surface area contributed by atoms with E-state index in [0.717, 1.165) is 18.6 Å². The van der Waals surface area contributed by atoms with Gasteiger partial charge in [-0.05, 0) is 25.0 Å². The Balaban J connectivity index is 2.32. The molecule has 0 radical (unpaired) electrons. The SMILES string of the molecule is Nc1ccccc1OCCCCO. The van der Waals surface area contributed by atoms with E-state index in [1.54, 1.807) is 6.07 Å². The number of anilines is 1. The maximum absolute atomic E-state index is 8.54. The minimum absolute atomic E-state index is 0.216. The van der Waals surface area contributed by atoms with Crippen molar-refractivity contribution in [2.75, 3.05) is 18.9 Å². The average molecular weight is 181 g/mol. The first-order chi connectivity index (χ1) is 6.34. The molecular weight excluding hydrogens is 166 g/mol. The summed E-state index contributed by atoms with van der Waals surface area (Å²) >= 11 is 0. The molecule has 1 aromatic carbocycles. The molecule has 1 rings (SSSR count). The molecule has 3 heteroatoms. The number of benzene rings is 1. The minimum atomic E-state index is 0.216. The van der Waals surface area contributed by atoms with Crippen molar-refractivity contribution in [2.24, 2.45) is 0 Å². The molecule has 72 valence electrons. The van der Waals surface area contributed by atoms with Gasteiger partial charge in [-0.15, -0.1) is 0 Å². The maximum atomic E-state index is 8.54. The highest BCUT2D eigenvalue weighted by Crippen LogP contribution is 2.19. The standard InChI is InChI=1S/C10H15NO2/c11-9-5-1-2-6-10(9)13-8-4-3-7-12/h1-2,5-6,12H,3-4,7-8,11H2. The molecule has 0 amide bonds. The number of ether oxygens (including phenoxy) is 1. The van der Waals surface area contributed by atoms with Crippen LogP contribution in [-0.2, 0) is 0 Å². The quantitative estimate of drug-likeness (QED) is 0.533. The molecule has 0 fully saturated rings. The first-order valence-corrected chi connectivity index (χ1v) is 4.43. The van der Waals surface area contributed by atoms with E-state index < -0.39 is 0 Å². The summed E-state index contributed by atoms with van der Waals surface area (Å²) in [5, 5.41) is 8.54. The normalized spacial score (nSPS) is 9.92. The smallest absolute Gasteiger partial charge is 0.142 e. The van der Waals surface area contributed by atoms with E-state index in [1.807, 2.05) is 18.2 Å². The lowest BCUT2D eigenvalue weighted by atomic mass is 10.3. The van der Waals surface area contributed by atoms with Gasteiger partial charge in [0.05, 0.1) is 12.3 Å². The zero-order chi connectivity index (χ0) is 9.52. The molecule has 0 aromatic heterocycles. The average Bonchev–Trinajstić information content (AvgIpc) is 2.15. The number of rotatable bonds is 5. The minimum Gasteiger partial charge on any atom is -0.491 e. The third-order valence-corrected chi connectivity index (χ3v) is 1.73. The predicted octanol–water partition coefficient (Wildman–Crippen LogP) is 1.42. The fraction of sp³-hybridized carbons (Fsp3) is 0.400. The van der Waals surface area contributed by atoms with Gasteiger partial charge in [0.25, 0.3) is 0 Å². The molecule has 0 saturated heterocycles. The van der Waals surface area contributed by atoms with Gasteiger partial charge in [-0.3, -0.25) is 0 Å². The maximum Gasteiger partial charge on any atom is 0.142 e. The first kappa shape index (κ1) is 9.86. The Morgan fingerprint density at radius 1 is 1.23 bits per heavy atom. The van der Waals surface area contributed by atoms with Crippen molar-refractivity contribution in [1.29, 1.82) is 0 Å². The molecular formula is C10H15NO2. The first-order valence-electron chi connectivity index (χ1n) is 4.43. The number of hydrogen-bond acceptors (Lipinski definition) is 3. The fourth-order valence-electron chi connectivity index (χ4n) is 1.01. The largest absolute Gasteiger partial charge is 0.491 e. The number of aliphatic hydroxyl groups excluding tert-OH is 1. The van der Waals surface area contributed by atoms with Crippen molar-refractivity contribution in [1.82, 2.24) is 0 Å². The molecule has 0 bridgehead atoms. The molecule has 0 saturated carbocycles. The van der Waals surface area contributed by atoms with Gasteiger partial charge in [0, 0.05) is 6.61 Å². The van der Waals surface area contributed by atoms with E-state index in [2.05, 4.69) is 0 Å². The summed E-state index contributed by atoms with van der Waals surface area (Å²) in [6.07, 6.45) is 1.62. The summed E-state index contributed by atoms with van der Waals surface area (Å²) in [6, 6.07) is 7.41. The van der Waals surface area contributed by atoms with Crippen LogP contribution >= 0.6 is 0 Å². The third-order valence-electron chi connectivity index (χ3n) is 1.73. The van der Waals surface area contributed by atoms with Crippen LogP contribution in [0.4, 0.5) is 5.69 Å². The number of nitrogen functional groups attached to an aromatic ring is 1. The molecule has 13 heavy (non-hydrogen) atoms. The van der Waals surface area contributed by atoms with E-state index in [4.69, 9.17) is 15.6 Å². The lowest BCUT2D eigenvalue weighted by Crippen LogP contribution is -2.00. The zero-order valence-electron chi connectivity index (χ0n) is 7.57. The topological polar surface area (TPSA) is 55.5 Å². The Bertz CT molecular complexity index is 250. The lowest BCUT2D eigenvalue weighted by molar-refractivity contribution is 0.253. The van der Waals surface area contributed by atoms with Crippen LogP contribution in [0.5, 0.6) is 5.75 Å². The molecule has 0 unspecified atom stereocenters. The zero-order valence-corrected chi connectivity index (χ0v) is 7.57. The van der Waals surface area contributed by atoms with Gasteiger partial charge >= 0.3 is 0 Å². The van der Waals surface area contributed by atoms with Crippen molar-refractivity contribution in [2.45, 2.75) is 12.8 Å². The van der Waals surface area contributed by atoms with Crippen molar-refractivity contribution in [3.63, 3.8) is 0 Å². The summed E-state index contributed by atoms with van der Waals surface area (Å²) in [7, 11) is 0. The fourth-order valence-corrected chi connectivity index (χ4v) is 1.01. The van der Waals surface area contributed by atoms with Crippen LogP contribution in [0.3, 0.4) is 0 Å². The third kappa shape index (κ3) is 3.34. The van der Waals surface area contributed by atoms with Crippen LogP contribution in [-0.4, -0.2) is 18.3 Å². The molecule has 0 heterocycles. The Labute approximate surface area is 78.1 Å². The summed E-state index contributed by atoms with van der Waals surface area (Å²) in [5.74, 6) is 0.723. The second-order valence-corrected chi connectivity index (χ2v) is 2.82.